The molecule has 2 heterocycles. The van der Waals surface area contributed by atoms with Crippen LogP contribution in [-0.2, 0) is 0 Å². The third-order valence-corrected chi connectivity index (χ3v) is 4.92. The van der Waals surface area contributed by atoms with Crippen molar-refractivity contribution in [1.29, 1.82) is 0 Å². The van der Waals surface area contributed by atoms with Crippen molar-refractivity contribution < 1.29 is 0 Å². The molecule has 0 amide bonds. The smallest absolute Gasteiger partial charge is 0.0235 e. The van der Waals surface area contributed by atoms with E-state index in [1.165, 1.54) is 71.2 Å². The normalized spacial score (nSPS) is 27.2. The molecule has 2 aliphatic rings. The highest BCUT2D eigenvalue weighted by molar-refractivity contribution is 4.85. The maximum atomic E-state index is 3.58. The summed E-state index contributed by atoms with van der Waals surface area (Å²) in [5.41, 5.74) is 0. The van der Waals surface area contributed by atoms with Crippen LogP contribution in [0.15, 0.2) is 0 Å². The molecule has 19 heavy (non-hydrogen) atoms. The number of likely N-dealkylation sites (tertiary alicyclic amines) is 2. The first-order valence-electron chi connectivity index (χ1n) is 8.53. The fraction of sp³-hybridized carbons (Fsp3) is 1.00. The summed E-state index contributed by atoms with van der Waals surface area (Å²) in [6, 6.07) is 1.61. The molecule has 0 aliphatic carbocycles. The number of hydrogen-bond acceptors (Lipinski definition) is 3. The number of hydrogen-bond donors (Lipinski definition) is 1. The molecule has 0 aromatic carbocycles. The fourth-order valence-electron chi connectivity index (χ4n) is 3.72. The lowest BCUT2D eigenvalue weighted by Crippen LogP contribution is -2.35. The first-order chi connectivity index (χ1) is 9.33. The van der Waals surface area contributed by atoms with Gasteiger partial charge in [-0.3, -0.25) is 4.90 Å². The van der Waals surface area contributed by atoms with Crippen molar-refractivity contribution in [2.75, 3.05) is 39.3 Å². The van der Waals surface area contributed by atoms with Gasteiger partial charge in [-0.05, 0) is 71.2 Å². The van der Waals surface area contributed by atoms with Crippen molar-refractivity contribution in [3.05, 3.63) is 0 Å². The summed E-state index contributed by atoms with van der Waals surface area (Å²) < 4.78 is 0. The minimum Gasteiger partial charge on any atom is -0.314 e. The molecular weight excluding hydrogens is 234 g/mol. The quantitative estimate of drug-likeness (QED) is 0.728. The van der Waals surface area contributed by atoms with Crippen molar-refractivity contribution in [1.82, 2.24) is 15.1 Å². The van der Waals surface area contributed by atoms with Crippen LogP contribution < -0.4 is 5.32 Å². The lowest BCUT2D eigenvalue weighted by atomic mass is 10.1. The van der Waals surface area contributed by atoms with Gasteiger partial charge in [0.2, 0.25) is 0 Å². The Labute approximate surface area is 119 Å². The van der Waals surface area contributed by atoms with E-state index in [0.29, 0.717) is 0 Å². The van der Waals surface area contributed by atoms with E-state index in [-0.39, 0.29) is 0 Å². The third-order valence-electron chi connectivity index (χ3n) is 4.92. The molecule has 0 spiro atoms. The summed E-state index contributed by atoms with van der Waals surface area (Å²) in [5, 5.41) is 3.58. The van der Waals surface area contributed by atoms with Gasteiger partial charge in [0.1, 0.15) is 0 Å². The van der Waals surface area contributed by atoms with E-state index in [0.717, 1.165) is 18.6 Å². The maximum absolute atomic E-state index is 3.58. The second-order valence-corrected chi connectivity index (χ2v) is 6.29. The van der Waals surface area contributed by atoms with Crippen LogP contribution in [0.4, 0.5) is 0 Å². The Balaban J connectivity index is 1.59. The van der Waals surface area contributed by atoms with Crippen LogP contribution >= 0.6 is 0 Å². The van der Waals surface area contributed by atoms with Gasteiger partial charge in [0, 0.05) is 18.6 Å². The van der Waals surface area contributed by atoms with Gasteiger partial charge in [-0.1, -0.05) is 13.8 Å². The molecule has 0 bridgehead atoms. The molecule has 2 rings (SSSR count). The van der Waals surface area contributed by atoms with Gasteiger partial charge in [0.05, 0.1) is 0 Å². The molecule has 3 nitrogen and oxygen atoms in total. The van der Waals surface area contributed by atoms with Gasteiger partial charge >= 0.3 is 0 Å². The van der Waals surface area contributed by atoms with Gasteiger partial charge < -0.3 is 10.2 Å². The topological polar surface area (TPSA) is 18.5 Å². The first kappa shape index (κ1) is 15.3. The molecule has 1 N–H and O–H groups in total. The highest BCUT2D eigenvalue weighted by Crippen LogP contribution is 2.20. The molecule has 2 saturated heterocycles. The molecule has 0 radical (unpaired) electrons. The summed E-state index contributed by atoms with van der Waals surface area (Å²) in [4.78, 5) is 5.43. The van der Waals surface area contributed by atoms with Crippen LogP contribution in [0.2, 0.25) is 0 Å². The fourth-order valence-corrected chi connectivity index (χ4v) is 3.72. The van der Waals surface area contributed by atoms with Crippen LogP contribution in [0.3, 0.4) is 0 Å². The second kappa shape index (κ2) is 8.23. The predicted octanol–water partition coefficient (Wildman–Crippen LogP) is 2.32. The van der Waals surface area contributed by atoms with Crippen LogP contribution in [0, 0.1) is 0 Å². The minimum absolute atomic E-state index is 0.738. The van der Waals surface area contributed by atoms with E-state index in [9.17, 15) is 0 Å². The van der Waals surface area contributed by atoms with E-state index >= 15 is 0 Å². The Morgan fingerprint density at radius 2 is 1.95 bits per heavy atom. The largest absolute Gasteiger partial charge is 0.314 e. The van der Waals surface area contributed by atoms with Gasteiger partial charge in [-0.2, -0.15) is 0 Å². The average molecular weight is 267 g/mol. The average Bonchev–Trinajstić information content (AvgIpc) is 3.08. The first-order valence-corrected chi connectivity index (χ1v) is 8.53. The molecule has 0 aromatic heterocycles. The molecular formula is C16H33N3. The zero-order valence-electron chi connectivity index (χ0n) is 13.0. The third kappa shape index (κ3) is 4.73. The lowest BCUT2D eigenvalue weighted by Gasteiger charge is -2.24. The van der Waals surface area contributed by atoms with Crippen LogP contribution in [0.1, 0.15) is 52.4 Å². The number of nitrogens with zero attached hydrogens (tertiary/aromatic N) is 2. The van der Waals surface area contributed by atoms with E-state index in [1.54, 1.807) is 0 Å². The van der Waals surface area contributed by atoms with Gasteiger partial charge in [-0.25, -0.2) is 0 Å². The molecule has 112 valence electrons. The maximum Gasteiger partial charge on any atom is 0.0235 e. The van der Waals surface area contributed by atoms with Crippen molar-refractivity contribution in [2.24, 2.45) is 0 Å². The summed E-state index contributed by atoms with van der Waals surface area (Å²) in [6.45, 7) is 12.3. The zero-order chi connectivity index (χ0) is 13.5. The second-order valence-electron chi connectivity index (χ2n) is 6.29. The molecule has 2 atom stereocenters. The Kier molecular flexibility index (Phi) is 6.62. The van der Waals surface area contributed by atoms with Gasteiger partial charge in [0.15, 0.2) is 0 Å². The summed E-state index contributed by atoms with van der Waals surface area (Å²) in [7, 11) is 0. The van der Waals surface area contributed by atoms with E-state index in [1.807, 2.05) is 0 Å². The molecule has 2 fully saturated rings. The van der Waals surface area contributed by atoms with Crippen LogP contribution in [0.25, 0.3) is 0 Å². The van der Waals surface area contributed by atoms with Gasteiger partial charge in [-0.15, -0.1) is 0 Å². The predicted molar refractivity (Wildman–Crippen MR) is 82.6 cm³/mol. The molecule has 0 saturated carbocycles. The minimum atomic E-state index is 0.738. The van der Waals surface area contributed by atoms with E-state index < -0.39 is 0 Å². The Morgan fingerprint density at radius 3 is 2.63 bits per heavy atom. The number of nitrogens with one attached hydrogen (secondary N) is 1. The number of rotatable bonds is 8. The van der Waals surface area contributed by atoms with Crippen LogP contribution in [-0.4, -0.2) is 61.2 Å². The summed E-state index contributed by atoms with van der Waals surface area (Å²) in [5.74, 6) is 0. The van der Waals surface area contributed by atoms with Crippen molar-refractivity contribution >= 4 is 0 Å². The molecule has 0 aromatic rings. The van der Waals surface area contributed by atoms with Crippen LogP contribution in [0.5, 0.6) is 0 Å². The van der Waals surface area contributed by atoms with Crippen molar-refractivity contribution in [3.8, 4) is 0 Å². The Hall–Kier alpha value is -0.120. The Morgan fingerprint density at radius 1 is 1.16 bits per heavy atom. The monoisotopic (exact) mass is 267 g/mol. The van der Waals surface area contributed by atoms with Gasteiger partial charge in [0.25, 0.3) is 0 Å². The van der Waals surface area contributed by atoms with Crippen molar-refractivity contribution in [2.45, 2.75) is 64.5 Å². The molecule has 2 unspecified atom stereocenters. The highest BCUT2D eigenvalue weighted by Gasteiger charge is 2.28. The van der Waals surface area contributed by atoms with Crippen molar-refractivity contribution in [3.63, 3.8) is 0 Å². The standard InChI is InChI=1S/C16H33N3/c1-3-15(17-4-2)8-7-10-18-13-9-16(14-18)19-11-5-6-12-19/h15-17H,3-14H2,1-2H3. The summed E-state index contributed by atoms with van der Waals surface area (Å²) in [6.07, 6.45) is 8.23. The van der Waals surface area contributed by atoms with E-state index in [2.05, 4.69) is 29.0 Å². The zero-order valence-corrected chi connectivity index (χ0v) is 13.0. The molecule has 2 aliphatic heterocycles. The summed E-state index contributed by atoms with van der Waals surface area (Å²) >= 11 is 0. The highest BCUT2D eigenvalue weighted by atomic mass is 15.3. The molecule has 3 heteroatoms. The SMILES string of the molecule is CCNC(CC)CCCN1CCC(N2CCCC2)C1. The Bertz CT molecular complexity index is 238. The lowest BCUT2D eigenvalue weighted by molar-refractivity contribution is 0.230. The van der Waals surface area contributed by atoms with E-state index in [4.69, 9.17) is 0 Å².